The number of primary amides is 1. The van der Waals surface area contributed by atoms with Crippen LogP contribution < -0.4 is 5.73 Å². The van der Waals surface area contributed by atoms with E-state index in [1.54, 1.807) is 0 Å². The molecule has 2 aromatic carbocycles. The average Bonchev–Trinajstić information content (AvgIpc) is 3.14. The van der Waals surface area contributed by atoms with Crippen LogP contribution in [0.15, 0.2) is 48.5 Å². The SMILES string of the molecule is NC(=O)[c-]1cccc1C1CCCCC1.[Fe].[cH-]1[cH-][cH-][cH-][cH-]1. The van der Waals surface area contributed by atoms with Gasteiger partial charge < -0.3 is 36.1 Å². The Hall–Kier alpha value is -1.31. The molecule has 0 saturated heterocycles. The number of amides is 1. The number of hydrogen-bond donors (Lipinski definition) is 1. The Balaban J connectivity index is 0.000000283. The van der Waals surface area contributed by atoms with E-state index in [0.29, 0.717) is 5.92 Å². The Labute approximate surface area is 131 Å². The van der Waals surface area contributed by atoms with Crippen molar-refractivity contribution in [1.82, 2.24) is 0 Å². The van der Waals surface area contributed by atoms with Gasteiger partial charge >= 0.3 is 0 Å². The summed E-state index contributed by atoms with van der Waals surface area (Å²) in [5, 5.41) is 0. The summed E-state index contributed by atoms with van der Waals surface area (Å²) in [6.45, 7) is 0. The van der Waals surface area contributed by atoms with Crippen molar-refractivity contribution in [3.63, 3.8) is 0 Å². The minimum absolute atomic E-state index is 0. The first-order valence-electron chi connectivity index (χ1n) is 7.01. The number of carbonyl (C=O) groups excluding carboxylic acids is 1. The monoisotopic (exact) mass is 311 g/mol. The molecule has 0 unspecified atom stereocenters. The molecule has 1 fully saturated rings. The van der Waals surface area contributed by atoms with E-state index in [4.69, 9.17) is 5.73 Å². The summed E-state index contributed by atoms with van der Waals surface area (Å²) >= 11 is 0. The van der Waals surface area contributed by atoms with Gasteiger partial charge in [-0.05, 0) is 18.8 Å². The number of hydrogen-bond acceptors (Lipinski definition) is 1. The van der Waals surface area contributed by atoms with E-state index in [9.17, 15) is 4.79 Å². The Bertz CT molecular complexity index is 464. The normalized spacial score (nSPS) is 14.8. The van der Waals surface area contributed by atoms with E-state index in [2.05, 4.69) is 6.07 Å². The topological polar surface area (TPSA) is 43.1 Å². The van der Waals surface area contributed by atoms with Crippen molar-refractivity contribution < 1.29 is 21.9 Å². The van der Waals surface area contributed by atoms with Crippen molar-refractivity contribution >= 4 is 5.91 Å². The minimum atomic E-state index is -0.282. The molecule has 0 heterocycles. The molecule has 0 radical (unpaired) electrons. The zero-order valence-electron chi connectivity index (χ0n) is 11.6. The van der Waals surface area contributed by atoms with Crippen LogP contribution in [0.3, 0.4) is 0 Å². The molecule has 2 N–H and O–H groups in total. The van der Waals surface area contributed by atoms with Crippen LogP contribution in [0.1, 0.15) is 53.9 Å². The van der Waals surface area contributed by atoms with Gasteiger partial charge in [0.15, 0.2) is 5.91 Å². The number of rotatable bonds is 2. The summed E-state index contributed by atoms with van der Waals surface area (Å²) in [4.78, 5) is 11.1. The van der Waals surface area contributed by atoms with Gasteiger partial charge in [-0.2, -0.15) is 11.6 Å². The second-order valence-electron chi connectivity index (χ2n) is 5.06. The van der Waals surface area contributed by atoms with Gasteiger partial charge in [0, 0.05) is 17.1 Å². The second kappa shape index (κ2) is 8.78. The fourth-order valence-corrected chi connectivity index (χ4v) is 2.75. The Morgan fingerprint density at radius 2 is 1.65 bits per heavy atom. The molecule has 0 aromatic heterocycles. The Kier molecular flexibility index (Phi) is 7.35. The zero-order chi connectivity index (χ0) is 13.5. The van der Waals surface area contributed by atoms with Gasteiger partial charge in [-0.15, -0.1) is 0 Å². The third kappa shape index (κ3) is 4.66. The molecule has 0 spiro atoms. The van der Waals surface area contributed by atoms with Crippen LogP contribution in [-0.4, -0.2) is 5.91 Å². The van der Waals surface area contributed by atoms with Crippen molar-refractivity contribution in [2.45, 2.75) is 38.0 Å². The van der Waals surface area contributed by atoms with Crippen LogP contribution >= 0.6 is 0 Å². The predicted octanol–water partition coefficient (Wildman–Crippen LogP) is 3.96. The molecule has 0 bridgehead atoms. The summed E-state index contributed by atoms with van der Waals surface area (Å²) in [6, 6.07) is 15.8. The fraction of sp³-hybridized carbons (Fsp3) is 0.353. The van der Waals surface area contributed by atoms with Gasteiger partial charge in [-0.25, -0.2) is 12.1 Å². The molecule has 1 aliphatic carbocycles. The van der Waals surface area contributed by atoms with Crippen LogP contribution in [0.2, 0.25) is 0 Å². The van der Waals surface area contributed by atoms with E-state index < -0.39 is 0 Å². The maximum Gasteiger partial charge on any atom is 0.193 e. The van der Waals surface area contributed by atoms with E-state index in [1.165, 1.54) is 37.7 Å². The van der Waals surface area contributed by atoms with E-state index in [-0.39, 0.29) is 23.0 Å². The Morgan fingerprint density at radius 3 is 2.15 bits per heavy atom. The standard InChI is InChI=1S/C12H16NO.C5H5.Fe/c13-12(14)11-8-4-7-10(11)9-5-2-1-3-6-9;1-2-4-5-3-1;/h4,7-9H,1-3,5-6H2,(H2,13,14);1-5H;/q-1;-5;. The van der Waals surface area contributed by atoms with E-state index >= 15 is 0 Å². The second-order valence-corrected chi connectivity index (χ2v) is 5.06. The Morgan fingerprint density at radius 1 is 1.10 bits per heavy atom. The predicted molar refractivity (Wildman–Crippen MR) is 78.4 cm³/mol. The zero-order valence-corrected chi connectivity index (χ0v) is 12.7. The number of carbonyl (C=O) groups is 1. The van der Waals surface area contributed by atoms with E-state index in [1.807, 2.05) is 42.5 Å². The summed E-state index contributed by atoms with van der Waals surface area (Å²) < 4.78 is 0. The molecule has 0 aliphatic heterocycles. The molecule has 1 aliphatic rings. The summed E-state index contributed by atoms with van der Waals surface area (Å²) in [7, 11) is 0. The molecule has 2 nitrogen and oxygen atoms in total. The first-order chi connectivity index (χ1) is 9.29. The minimum Gasteiger partial charge on any atom is -0.748 e. The maximum absolute atomic E-state index is 11.1. The largest absolute Gasteiger partial charge is 0.748 e. The first kappa shape index (κ1) is 16.7. The number of nitrogens with two attached hydrogens (primary N) is 1. The molecule has 1 amide bonds. The van der Waals surface area contributed by atoms with Crippen LogP contribution in [0.5, 0.6) is 0 Å². The molecule has 20 heavy (non-hydrogen) atoms. The van der Waals surface area contributed by atoms with Crippen molar-refractivity contribution in [2.24, 2.45) is 5.73 Å². The molecule has 114 valence electrons. The third-order valence-electron chi connectivity index (χ3n) is 3.72. The van der Waals surface area contributed by atoms with Gasteiger partial charge in [-0.3, -0.25) is 4.79 Å². The molecule has 2 aromatic rings. The smallest absolute Gasteiger partial charge is 0.193 e. The van der Waals surface area contributed by atoms with Crippen LogP contribution in [0, 0.1) is 0 Å². The molecule has 3 rings (SSSR count). The van der Waals surface area contributed by atoms with Crippen LogP contribution in [-0.2, 0) is 17.1 Å². The molecule has 3 heteroatoms. The van der Waals surface area contributed by atoms with Gasteiger partial charge in [0.2, 0.25) is 0 Å². The molecule has 0 atom stereocenters. The maximum atomic E-state index is 11.1. The van der Waals surface area contributed by atoms with Gasteiger partial charge in [0.25, 0.3) is 0 Å². The third-order valence-corrected chi connectivity index (χ3v) is 3.72. The van der Waals surface area contributed by atoms with Crippen molar-refractivity contribution in [3.05, 3.63) is 59.7 Å². The molecular weight excluding hydrogens is 290 g/mol. The summed E-state index contributed by atoms with van der Waals surface area (Å²) in [5.74, 6) is 0.289. The quantitative estimate of drug-likeness (QED) is 0.662. The van der Waals surface area contributed by atoms with Crippen LogP contribution in [0.25, 0.3) is 0 Å². The summed E-state index contributed by atoms with van der Waals surface area (Å²) in [5.41, 5.74) is 7.24. The average molecular weight is 311 g/mol. The molecule has 1 saturated carbocycles. The first-order valence-corrected chi connectivity index (χ1v) is 7.01. The molecular formula is C17H21FeNO-6. The van der Waals surface area contributed by atoms with Gasteiger partial charge in [-0.1, -0.05) is 24.8 Å². The van der Waals surface area contributed by atoms with Crippen molar-refractivity contribution in [1.29, 1.82) is 0 Å². The van der Waals surface area contributed by atoms with Gasteiger partial charge in [0.05, 0.1) is 0 Å². The van der Waals surface area contributed by atoms with Crippen molar-refractivity contribution in [2.75, 3.05) is 0 Å². The fourth-order valence-electron chi connectivity index (χ4n) is 2.75. The van der Waals surface area contributed by atoms with Gasteiger partial charge in [0.1, 0.15) is 0 Å². The van der Waals surface area contributed by atoms with E-state index in [0.717, 1.165) is 5.56 Å². The summed E-state index contributed by atoms with van der Waals surface area (Å²) in [6.07, 6.45) is 6.33. The van der Waals surface area contributed by atoms with Crippen LogP contribution in [0.4, 0.5) is 0 Å². The van der Waals surface area contributed by atoms with Crippen molar-refractivity contribution in [3.8, 4) is 0 Å².